The minimum Gasteiger partial charge on any atom is -0.486 e. The van der Waals surface area contributed by atoms with Crippen molar-refractivity contribution >= 4 is 10.8 Å². The molecule has 1 aromatic carbocycles. The Bertz CT molecular complexity index is 511. The molecule has 1 heterocycles. The third-order valence-corrected chi connectivity index (χ3v) is 5.43. The van der Waals surface area contributed by atoms with E-state index in [-0.39, 0.29) is 10.8 Å². The molecular weight excluding hydrogens is 286 g/mol. The van der Waals surface area contributed by atoms with Crippen LogP contribution in [0.1, 0.15) is 39.3 Å². The number of ether oxygens (including phenoxy) is 2. The summed E-state index contributed by atoms with van der Waals surface area (Å²) in [6.45, 7) is 10.1. The molecule has 0 aromatic heterocycles. The van der Waals surface area contributed by atoms with Crippen LogP contribution >= 0.6 is 0 Å². The largest absolute Gasteiger partial charge is 0.486 e. The highest BCUT2D eigenvalue weighted by atomic mass is 32.2. The van der Waals surface area contributed by atoms with E-state index in [0.717, 1.165) is 23.6 Å². The highest BCUT2D eigenvalue weighted by molar-refractivity contribution is 7.86. The quantitative estimate of drug-likeness (QED) is 0.908. The van der Waals surface area contributed by atoms with E-state index >= 15 is 0 Å². The fourth-order valence-electron chi connectivity index (χ4n) is 2.12. The van der Waals surface area contributed by atoms with Crippen LogP contribution in [0.3, 0.4) is 0 Å². The van der Waals surface area contributed by atoms with E-state index in [2.05, 4.69) is 12.2 Å². The molecule has 0 aliphatic carbocycles. The van der Waals surface area contributed by atoms with E-state index in [0.29, 0.717) is 19.0 Å². The lowest BCUT2D eigenvalue weighted by atomic mass is 10.1. The molecular formula is C16H25NO3S. The van der Waals surface area contributed by atoms with Gasteiger partial charge in [0.15, 0.2) is 11.5 Å². The smallest absolute Gasteiger partial charge is 0.161 e. The zero-order valence-corrected chi connectivity index (χ0v) is 14.1. The van der Waals surface area contributed by atoms with Crippen molar-refractivity contribution in [1.82, 2.24) is 5.32 Å². The van der Waals surface area contributed by atoms with Crippen LogP contribution in [-0.2, 0) is 10.8 Å². The summed E-state index contributed by atoms with van der Waals surface area (Å²) >= 11 is 0. The molecule has 1 aliphatic heterocycles. The summed E-state index contributed by atoms with van der Waals surface area (Å²) in [6, 6.07) is 6.21. The Labute approximate surface area is 129 Å². The Morgan fingerprint density at radius 1 is 1.24 bits per heavy atom. The van der Waals surface area contributed by atoms with Crippen LogP contribution in [0, 0.1) is 0 Å². The number of rotatable bonds is 5. The molecule has 4 nitrogen and oxygen atoms in total. The third-order valence-electron chi connectivity index (χ3n) is 3.49. The first kappa shape index (κ1) is 16.3. The summed E-state index contributed by atoms with van der Waals surface area (Å²) in [6.07, 6.45) is 0. The first-order valence-electron chi connectivity index (χ1n) is 7.39. The number of benzene rings is 1. The first-order chi connectivity index (χ1) is 9.88. The number of hydrogen-bond acceptors (Lipinski definition) is 4. The normalized spacial score (nSPS) is 17.3. The summed E-state index contributed by atoms with van der Waals surface area (Å²) < 4.78 is 23.0. The van der Waals surface area contributed by atoms with Crippen LogP contribution in [0.5, 0.6) is 11.5 Å². The average molecular weight is 311 g/mol. The molecule has 21 heavy (non-hydrogen) atoms. The van der Waals surface area contributed by atoms with Gasteiger partial charge in [-0.3, -0.25) is 4.21 Å². The van der Waals surface area contributed by atoms with Gasteiger partial charge in [0.2, 0.25) is 0 Å². The minimum absolute atomic E-state index is 0.151. The number of fused-ring (bicyclic) bond motifs is 1. The Hall–Kier alpha value is -1.07. The monoisotopic (exact) mass is 311 g/mol. The van der Waals surface area contributed by atoms with Gasteiger partial charge < -0.3 is 14.8 Å². The van der Waals surface area contributed by atoms with Gasteiger partial charge in [0, 0.05) is 33.9 Å². The summed E-state index contributed by atoms with van der Waals surface area (Å²) in [7, 11) is -0.819. The zero-order chi connectivity index (χ0) is 15.5. The summed E-state index contributed by atoms with van der Waals surface area (Å²) in [4.78, 5) is 0. The molecule has 2 atom stereocenters. The second-order valence-corrected chi connectivity index (χ2v) is 8.56. The predicted molar refractivity (Wildman–Crippen MR) is 86.6 cm³/mol. The molecule has 0 saturated carbocycles. The van der Waals surface area contributed by atoms with Crippen molar-refractivity contribution in [2.45, 2.75) is 38.5 Å². The average Bonchev–Trinajstić information content (AvgIpc) is 2.45. The van der Waals surface area contributed by atoms with Crippen molar-refractivity contribution in [2.75, 3.05) is 25.5 Å². The van der Waals surface area contributed by atoms with Crippen molar-refractivity contribution in [1.29, 1.82) is 0 Å². The van der Waals surface area contributed by atoms with Gasteiger partial charge in [-0.25, -0.2) is 0 Å². The molecule has 0 amide bonds. The van der Waals surface area contributed by atoms with E-state index in [1.807, 2.05) is 39.0 Å². The number of nitrogens with one attached hydrogen (secondary N) is 1. The Kier molecular flexibility index (Phi) is 5.27. The van der Waals surface area contributed by atoms with Crippen molar-refractivity contribution < 1.29 is 13.7 Å². The highest BCUT2D eigenvalue weighted by Crippen LogP contribution is 2.32. The Morgan fingerprint density at radius 2 is 1.90 bits per heavy atom. The van der Waals surface area contributed by atoms with Crippen molar-refractivity contribution in [3.05, 3.63) is 23.8 Å². The van der Waals surface area contributed by atoms with E-state index in [9.17, 15) is 4.21 Å². The third kappa shape index (κ3) is 4.45. The lowest BCUT2D eigenvalue weighted by Gasteiger charge is -2.22. The maximum Gasteiger partial charge on any atom is 0.161 e. The van der Waals surface area contributed by atoms with Gasteiger partial charge in [-0.1, -0.05) is 6.07 Å². The van der Waals surface area contributed by atoms with Gasteiger partial charge in [0.1, 0.15) is 13.2 Å². The molecule has 1 aromatic rings. The molecule has 2 rings (SSSR count). The van der Waals surface area contributed by atoms with Crippen LogP contribution in [-0.4, -0.2) is 34.5 Å². The van der Waals surface area contributed by atoms with Crippen LogP contribution in [0.2, 0.25) is 0 Å². The molecule has 0 bridgehead atoms. The summed E-state index contributed by atoms with van der Waals surface area (Å²) in [5, 5.41) is 3.42. The second kappa shape index (κ2) is 6.79. The van der Waals surface area contributed by atoms with E-state index in [1.165, 1.54) is 0 Å². The fourth-order valence-corrected chi connectivity index (χ4v) is 3.04. The van der Waals surface area contributed by atoms with Gasteiger partial charge in [0.05, 0.1) is 0 Å². The second-order valence-electron chi connectivity index (χ2n) is 6.24. The van der Waals surface area contributed by atoms with Crippen molar-refractivity contribution in [3.8, 4) is 11.5 Å². The van der Waals surface area contributed by atoms with Crippen LogP contribution < -0.4 is 14.8 Å². The van der Waals surface area contributed by atoms with Gasteiger partial charge in [0.25, 0.3) is 0 Å². The van der Waals surface area contributed by atoms with Crippen LogP contribution in [0.4, 0.5) is 0 Å². The molecule has 0 spiro atoms. The minimum atomic E-state index is -0.819. The highest BCUT2D eigenvalue weighted by Gasteiger charge is 2.19. The molecule has 0 radical (unpaired) electrons. The van der Waals surface area contributed by atoms with Crippen molar-refractivity contribution in [2.24, 2.45) is 0 Å². The topological polar surface area (TPSA) is 47.6 Å². The predicted octanol–water partition coefficient (Wildman–Crippen LogP) is 2.66. The molecule has 118 valence electrons. The molecule has 0 fully saturated rings. The van der Waals surface area contributed by atoms with E-state index in [1.54, 1.807) is 0 Å². The summed E-state index contributed by atoms with van der Waals surface area (Å²) in [5.74, 6) is 2.29. The van der Waals surface area contributed by atoms with Gasteiger partial charge in [-0.2, -0.15) is 0 Å². The van der Waals surface area contributed by atoms with Gasteiger partial charge in [-0.05, 0) is 45.4 Å². The van der Waals surface area contributed by atoms with E-state index in [4.69, 9.17) is 9.47 Å². The standard InChI is InChI=1S/C16H25NO3S/c1-12(17-7-10-21(18)16(2,3)4)13-5-6-14-15(11-13)20-9-8-19-14/h5-6,11-12,17H,7-10H2,1-4H3/t12-,21+/m0/s1. The van der Waals surface area contributed by atoms with E-state index < -0.39 is 10.8 Å². The van der Waals surface area contributed by atoms with Crippen molar-refractivity contribution in [3.63, 3.8) is 0 Å². The molecule has 0 unspecified atom stereocenters. The lowest BCUT2D eigenvalue weighted by molar-refractivity contribution is 0.171. The first-order valence-corrected chi connectivity index (χ1v) is 8.71. The zero-order valence-electron chi connectivity index (χ0n) is 13.3. The summed E-state index contributed by atoms with van der Waals surface area (Å²) in [5.41, 5.74) is 1.15. The Morgan fingerprint density at radius 3 is 2.57 bits per heavy atom. The lowest BCUT2D eigenvalue weighted by Crippen LogP contribution is -2.30. The van der Waals surface area contributed by atoms with Gasteiger partial charge in [-0.15, -0.1) is 0 Å². The maximum atomic E-state index is 12.0. The fraction of sp³-hybridized carbons (Fsp3) is 0.625. The molecule has 0 saturated heterocycles. The maximum absolute atomic E-state index is 12.0. The SMILES string of the molecule is C[C@H](NCC[S@@](=O)C(C)(C)C)c1ccc2c(c1)OCCO2. The van der Waals surface area contributed by atoms with Crippen LogP contribution in [0.25, 0.3) is 0 Å². The molecule has 1 N–H and O–H groups in total. The molecule has 5 heteroatoms. The van der Waals surface area contributed by atoms with Crippen LogP contribution in [0.15, 0.2) is 18.2 Å². The number of hydrogen-bond donors (Lipinski definition) is 1. The molecule has 1 aliphatic rings. The Balaban J connectivity index is 1.89. The van der Waals surface area contributed by atoms with Gasteiger partial charge >= 0.3 is 0 Å².